The van der Waals surface area contributed by atoms with Gasteiger partial charge in [0.05, 0.1) is 12.1 Å². The van der Waals surface area contributed by atoms with E-state index in [1.54, 1.807) is 30.6 Å². The molecule has 3 rings (SSSR count). The number of methoxy groups -OCH3 is 1. The summed E-state index contributed by atoms with van der Waals surface area (Å²) in [5.74, 6) is 0.555. The van der Waals surface area contributed by atoms with E-state index in [1.807, 2.05) is 12.1 Å². The van der Waals surface area contributed by atoms with Crippen LogP contribution in [0.3, 0.4) is 0 Å². The molecule has 1 atom stereocenters. The number of nitrogens with one attached hydrogen (secondary N) is 1. The third kappa shape index (κ3) is 3.06. The summed E-state index contributed by atoms with van der Waals surface area (Å²) in [6, 6.07) is 9.30. The Morgan fingerprint density at radius 2 is 2.10 bits per heavy atom. The van der Waals surface area contributed by atoms with Crippen molar-refractivity contribution < 1.29 is 9.53 Å². The fourth-order valence-corrected chi connectivity index (χ4v) is 3.86. The number of benzene rings is 1. The molecule has 2 aromatic rings. The van der Waals surface area contributed by atoms with Crippen LogP contribution in [-0.2, 0) is 17.6 Å². The molecule has 1 unspecified atom stereocenters. The molecule has 1 N–H and O–H groups in total. The quantitative estimate of drug-likeness (QED) is 0.858. The van der Waals surface area contributed by atoms with Crippen molar-refractivity contribution >= 4 is 33.8 Å². The lowest BCUT2D eigenvalue weighted by Crippen LogP contribution is -2.16. The predicted molar refractivity (Wildman–Crippen MR) is 86.6 cm³/mol. The van der Waals surface area contributed by atoms with E-state index in [-0.39, 0.29) is 5.91 Å². The first-order chi connectivity index (χ1) is 10.2. The van der Waals surface area contributed by atoms with Crippen LogP contribution in [0.5, 0.6) is 5.75 Å². The lowest BCUT2D eigenvalue weighted by atomic mass is 10.1. The summed E-state index contributed by atoms with van der Waals surface area (Å²) in [4.78, 5) is 13.6. The van der Waals surface area contributed by atoms with E-state index in [0.717, 1.165) is 29.2 Å². The highest BCUT2D eigenvalue weighted by Gasteiger charge is 2.20. The van der Waals surface area contributed by atoms with Crippen LogP contribution in [-0.4, -0.2) is 13.0 Å². The molecule has 0 saturated carbocycles. The maximum Gasteiger partial charge on any atom is 0.247 e. The Morgan fingerprint density at radius 3 is 2.76 bits per heavy atom. The third-order valence-electron chi connectivity index (χ3n) is 3.63. The smallest absolute Gasteiger partial charge is 0.247 e. The van der Waals surface area contributed by atoms with E-state index in [2.05, 4.69) is 11.4 Å². The number of anilines is 1. The van der Waals surface area contributed by atoms with E-state index in [0.29, 0.717) is 0 Å². The number of carbonyl (C=O) groups is 1. The molecule has 0 aliphatic heterocycles. The van der Waals surface area contributed by atoms with Gasteiger partial charge in [0, 0.05) is 4.88 Å². The Bertz CT molecular complexity index is 629. The van der Waals surface area contributed by atoms with Gasteiger partial charge in [-0.25, -0.2) is 0 Å². The lowest BCUT2D eigenvalue weighted by molar-refractivity contribution is -0.115. The SMILES string of the molecule is COc1ccc(C(Cl)C(=O)Nc2cc3c(s2)CCC3)cc1. The zero-order valence-electron chi connectivity index (χ0n) is 11.7. The van der Waals surface area contributed by atoms with E-state index in [1.165, 1.54) is 16.9 Å². The molecular formula is C16H16ClNO2S. The minimum absolute atomic E-state index is 0.193. The minimum Gasteiger partial charge on any atom is -0.497 e. The van der Waals surface area contributed by atoms with Crippen molar-refractivity contribution in [1.29, 1.82) is 0 Å². The molecular weight excluding hydrogens is 306 g/mol. The van der Waals surface area contributed by atoms with Gasteiger partial charge in [0.2, 0.25) is 5.91 Å². The van der Waals surface area contributed by atoms with Crippen molar-refractivity contribution in [3.8, 4) is 5.75 Å². The first-order valence-electron chi connectivity index (χ1n) is 6.88. The number of halogens is 1. The molecule has 21 heavy (non-hydrogen) atoms. The fourth-order valence-electron chi connectivity index (χ4n) is 2.50. The number of amides is 1. The van der Waals surface area contributed by atoms with Gasteiger partial charge in [-0.2, -0.15) is 0 Å². The van der Waals surface area contributed by atoms with Gasteiger partial charge in [-0.15, -0.1) is 22.9 Å². The second-order valence-electron chi connectivity index (χ2n) is 5.04. The number of hydrogen-bond donors (Lipinski definition) is 1. The van der Waals surface area contributed by atoms with Crippen LogP contribution >= 0.6 is 22.9 Å². The second kappa shape index (κ2) is 6.08. The molecule has 1 aromatic carbocycles. The number of rotatable bonds is 4. The van der Waals surface area contributed by atoms with Crippen molar-refractivity contribution in [2.75, 3.05) is 12.4 Å². The molecule has 1 aliphatic carbocycles. The van der Waals surface area contributed by atoms with Crippen LogP contribution in [0.25, 0.3) is 0 Å². The number of aryl methyl sites for hydroxylation is 2. The standard InChI is InChI=1S/C16H16ClNO2S/c1-20-12-7-5-10(6-8-12)15(17)16(19)18-14-9-11-3-2-4-13(11)21-14/h5-9,15H,2-4H2,1H3,(H,18,19). The summed E-state index contributed by atoms with van der Waals surface area (Å²) in [5.41, 5.74) is 2.13. The number of ether oxygens (including phenoxy) is 1. The molecule has 0 saturated heterocycles. The van der Waals surface area contributed by atoms with E-state index in [9.17, 15) is 4.79 Å². The number of thiophene rings is 1. The van der Waals surface area contributed by atoms with Gasteiger partial charge in [-0.1, -0.05) is 12.1 Å². The summed E-state index contributed by atoms with van der Waals surface area (Å²) in [6.45, 7) is 0. The highest BCUT2D eigenvalue weighted by atomic mass is 35.5. The molecule has 0 fully saturated rings. The maximum atomic E-state index is 12.2. The molecule has 1 aliphatic rings. The number of carbonyl (C=O) groups excluding carboxylic acids is 1. The Hall–Kier alpha value is -1.52. The normalized spacial score (nSPS) is 14.6. The van der Waals surface area contributed by atoms with Crippen molar-refractivity contribution in [2.45, 2.75) is 24.6 Å². The predicted octanol–water partition coefficient (Wildman–Crippen LogP) is 4.16. The van der Waals surface area contributed by atoms with Gasteiger partial charge in [0.25, 0.3) is 0 Å². The highest BCUT2D eigenvalue weighted by molar-refractivity contribution is 7.16. The molecule has 1 heterocycles. The molecule has 0 bridgehead atoms. The second-order valence-corrected chi connectivity index (χ2v) is 6.61. The molecule has 1 amide bonds. The van der Waals surface area contributed by atoms with Gasteiger partial charge >= 0.3 is 0 Å². The summed E-state index contributed by atoms with van der Waals surface area (Å²) in [7, 11) is 1.61. The zero-order chi connectivity index (χ0) is 14.8. The van der Waals surface area contributed by atoms with Crippen LogP contribution in [0.15, 0.2) is 30.3 Å². The number of fused-ring (bicyclic) bond motifs is 1. The molecule has 110 valence electrons. The molecule has 0 spiro atoms. The van der Waals surface area contributed by atoms with Crippen LogP contribution in [0, 0.1) is 0 Å². The summed E-state index contributed by atoms with van der Waals surface area (Å²) in [6.07, 6.45) is 3.46. The van der Waals surface area contributed by atoms with E-state index >= 15 is 0 Å². The van der Waals surface area contributed by atoms with Gasteiger partial charge in [-0.05, 0) is 48.6 Å². The first-order valence-corrected chi connectivity index (χ1v) is 8.13. The third-order valence-corrected chi connectivity index (χ3v) is 5.23. The van der Waals surface area contributed by atoms with Crippen LogP contribution in [0.1, 0.15) is 27.8 Å². The summed E-state index contributed by atoms with van der Waals surface area (Å²) in [5, 5.41) is 3.11. The number of hydrogen-bond acceptors (Lipinski definition) is 3. The van der Waals surface area contributed by atoms with Crippen molar-refractivity contribution in [1.82, 2.24) is 0 Å². The Balaban J connectivity index is 1.68. The fraction of sp³-hybridized carbons (Fsp3) is 0.312. The molecule has 1 aromatic heterocycles. The van der Waals surface area contributed by atoms with E-state index < -0.39 is 5.38 Å². The monoisotopic (exact) mass is 321 g/mol. The van der Waals surface area contributed by atoms with Gasteiger partial charge in [-0.3, -0.25) is 4.79 Å². The highest BCUT2D eigenvalue weighted by Crippen LogP contribution is 2.34. The van der Waals surface area contributed by atoms with Crippen LogP contribution in [0.2, 0.25) is 0 Å². The van der Waals surface area contributed by atoms with Crippen LogP contribution in [0.4, 0.5) is 5.00 Å². The van der Waals surface area contributed by atoms with Crippen LogP contribution < -0.4 is 10.1 Å². The average molecular weight is 322 g/mol. The summed E-state index contributed by atoms with van der Waals surface area (Å²) >= 11 is 7.91. The average Bonchev–Trinajstić information content (AvgIpc) is 3.07. The van der Waals surface area contributed by atoms with Gasteiger partial charge in [0.15, 0.2) is 0 Å². The largest absolute Gasteiger partial charge is 0.497 e. The molecule has 3 nitrogen and oxygen atoms in total. The number of alkyl halides is 1. The Labute approximate surface area is 132 Å². The van der Waals surface area contributed by atoms with Crippen molar-refractivity contribution in [2.24, 2.45) is 0 Å². The topological polar surface area (TPSA) is 38.3 Å². The maximum absolute atomic E-state index is 12.2. The van der Waals surface area contributed by atoms with Gasteiger partial charge < -0.3 is 10.1 Å². The molecule has 0 radical (unpaired) electrons. The lowest BCUT2D eigenvalue weighted by Gasteiger charge is -2.10. The minimum atomic E-state index is -0.701. The zero-order valence-corrected chi connectivity index (χ0v) is 13.3. The molecule has 5 heteroatoms. The van der Waals surface area contributed by atoms with Gasteiger partial charge in [0.1, 0.15) is 11.1 Å². The first kappa shape index (κ1) is 14.4. The van der Waals surface area contributed by atoms with Crippen molar-refractivity contribution in [3.63, 3.8) is 0 Å². The Morgan fingerprint density at radius 1 is 1.33 bits per heavy atom. The van der Waals surface area contributed by atoms with Crippen molar-refractivity contribution in [3.05, 3.63) is 46.3 Å². The Kier molecular flexibility index (Phi) is 4.17. The van der Waals surface area contributed by atoms with E-state index in [4.69, 9.17) is 16.3 Å². The summed E-state index contributed by atoms with van der Waals surface area (Å²) < 4.78 is 5.10.